The molecule has 0 bridgehead atoms. The summed E-state index contributed by atoms with van der Waals surface area (Å²) in [6, 6.07) is -0.0351. The van der Waals surface area contributed by atoms with Gasteiger partial charge in [0.1, 0.15) is 4.90 Å². The van der Waals surface area contributed by atoms with Gasteiger partial charge in [-0.05, 0) is 36.1 Å². The Kier molecular flexibility index (Phi) is 4.59. The Morgan fingerprint density at radius 3 is 2.75 bits per heavy atom. The van der Waals surface area contributed by atoms with Gasteiger partial charge in [0.15, 0.2) is 0 Å². The first-order chi connectivity index (χ1) is 9.28. The number of hydrogen-bond donors (Lipinski definition) is 2. The van der Waals surface area contributed by atoms with Crippen LogP contribution in [-0.4, -0.2) is 19.6 Å². The first-order valence-corrected chi connectivity index (χ1v) is 9.34. The van der Waals surface area contributed by atoms with E-state index in [0.717, 1.165) is 25.7 Å². The largest absolute Gasteiger partial charge is 0.391 e. The van der Waals surface area contributed by atoms with Crippen LogP contribution in [0.15, 0.2) is 10.3 Å². The van der Waals surface area contributed by atoms with Crippen LogP contribution in [0.3, 0.4) is 0 Å². The van der Waals surface area contributed by atoms with E-state index >= 15 is 0 Å². The molecule has 114 valence electrons. The molecular formula is C14H23NO3S2. The molecule has 20 heavy (non-hydrogen) atoms. The van der Waals surface area contributed by atoms with Crippen LogP contribution in [0.25, 0.3) is 0 Å². The first-order valence-electron chi connectivity index (χ1n) is 6.98. The molecule has 1 unspecified atom stereocenters. The fourth-order valence-corrected chi connectivity index (χ4v) is 6.02. The smallest absolute Gasteiger partial charge is 0.242 e. The van der Waals surface area contributed by atoms with Crippen LogP contribution in [0.5, 0.6) is 0 Å². The third kappa shape index (κ3) is 3.08. The number of hydrogen-bond acceptors (Lipinski definition) is 4. The highest BCUT2D eigenvalue weighted by Gasteiger charge is 2.36. The molecule has 0 amide bonds. The molecule has 1 fully saturated rings. The number of thiophene rings is 1. The highest BCUT2D eigenvalue weighted by atomic mass is 32.2. The van der Waals surface area contributed by atoms with E-state index in [1.807, 2.05) is 0 Å². The van der Waals surface area contributed by atoms with E-state index in [9.17, 15) is 13.5 Å². The van der Waals surface area contributed by atoms with E-state index in [1.165, 1.54) is 11.3 Å². The summed E-state index contributed by atoms with van der Waals surface area (Å²) in [7, 11) is -3.56. The molecule has 0 aliphatic heterocycles. The molecule has 1 atom stereocenters. The normalized spacial score (nSPS) is 22.9. The Morgan fingerprint density at radius 1 is 1.45 bits per heavy atom. The van der Waals surface area contributed by atoms with Crippen LogP contribution in [0, 0.1) is 12.3 Å². The van der Waals surface area contributed by atoms with Crippen molar-refractivity contribution in [1.29, 1.82) is 0 Å². The lowest BCUT2D eigenvalue weighted by molar-refractivity contribution is 0.188. The summed E-state index contributed by atoms with van der Waals surface area (Å²) in [6.07, 6.45) is 4.14. The van der Waals surface area contributed by atoms with E-state index in [0.29, 0.717) is 10.4 Å². The van der Waals surface area contributed by atoms with Crippen molar-refractivity contribution >= 4 is 21.4 Å². The number of sulfonamides is 1. The molecule has 1 aliphatic rings. The maximum atomic E-state index is 12.6. The van der Waals surface area contributed by atoms with Gasteiger partial charge in [-0.15, -0.1) is 11.3 Å². The number of rotatable bonds is 4. The molecule has 1 aromatic heterocycles. The molecule has 1 aliphatic carbocycles. The lowest BCUT2D eigenvalue weighted by Crippen LogP contribution is -2.46. The summed E-state index contributed by atoms with van der Waals surface area (Å²) in [5.41, 5.74) is 0.689. The second kappa shape index (κ2) is 5.75. The van der Waals surface area contributed by atoms with Crippen LogP contribution in [0.4, 0.5) is 0 Å². The Balaban J connectivity index is 2.29. The van der Waals surface area contributed by atoms with Crippen LogP contribution in [-0.2, 0) is 16.6 Å². The highest BCUT2D eigenvalue weighted by Crippen LogP contribution is 2.37. The Morgan fingerprint density at radius 2 is 2.15 bits per heavy atom. The highest BCUT2D eigenvalue weighted by molar-refractivity contribution is 7.89. The Labute approximate surface area is 125 Å². The standard InChI is InChI=1S/C14H23NO3S2/c1-10-9-19-11(8-16)13(10)20(17,18)15-12-6-4-5-7-14(12,2)3/h9,12,15-16H,4-8H2,1-3H3. The van der Waals surface area contributed by atoms with Crippen LogP contribution >= 0.6 is 11.3 Å². The molecule has 0 radical (unpaired) electrons. The van der Waals surface area contributed by atoms with Gasteiger partial charge in [0, 0.05) is 6.04 Å². The van der Waals surface area contributed by atoms with E-state index in [1.54, 1.807) is 12.3 Å². The van der Waals surface area contributed by atoms with Crippen molar-refractivity contribution in [3.63, 3.8) is 0 Å². The maximum Gasteiger partial charge on any atom is 0.242 e. The lowest BCUT2D eigenvalue weighted by Gasteiger charge is -2.38. The first kappa shape index (κ1) is 15.9. The summed E-state index contributed by atoms with van der Waals surface area (Å²) >= 11 is 1.30. The van der Waals surface area contributed by atoms with Gasteiger partial charge in [-0.25, -0.2) is 13.1 Å². The van der Waals surface area contributed by atoms with Crippen molar-refractivity contribution in [2.45, 2.75) is 64.0 Å². The zero-order valence-corrected chi connectivity index (χ0v) is 13.9. The van der Waals surface area contributed by atoms with Gasteiger partial charge >= 0.3 is 0 Å². The lowest BCUT2D eigenvalue weighted by atomic mass is 9.74. The quantitative estimate of drug-likeness (QED) is 0.897. The molecule has 1 saturated carbocycles. The zero-order chi connectivity index (χ0) is 15.0. The molecule has 0 spiro atoms. The third-order valence-corrected chi connectivity index (χ3v) is 7.13. The molecule has 1 heterocycles. The Bertz CT molecular complexity index is 575. The number of aliphatic hydroxyl groups excluding tert-OH is 1. The summed E-state index contributed by atoms with van der Waals surface area (Å²) in [6.45, 7) is 5.78. The minimum atomic E-state index is -3.56. The average Bonchev–Trinajstić information content (AvgIpc) is 2.73. The van der Waals surface area contributed by atoms with Crippen molar-refractivity contribution in [3.05, 3.63) is 15.8 Å². The molecule has 1 aromatic rings. The van der Waals surface area contributed by atoms with Crippen molar-refractivity contribution in [2.24, 2.45) is 5.41 Å². The van der Waals surface area contributed by atoms with Gasteiger partial charge < -0.3 is 5.11 Å². The van der Waals surface area contributed by atoms with Crippen LogP contribution in [0.1, 0.15) is 50.0 Å². The van der Waals surface area contributed by atoms with E-state index in [2.05, 4.69) is 18.6 Å². The van der Waals surface area contributed by atoms with Crippen molar-refractivity contribution in [2.75, 3.05) is 0 Å². The van der Waals surface area contributed by atoms with Gasteiger partial charge in [-0.3, -0.25) is 0 Å². The molecule has 6 heteroatoms. The summed E-state index contributed by atoms with van der Waals surface area (Å²) in [5, 5.41) is 11.1. The number of nitrogens with one attached hydrogen (secondary N) is 1. The predicted molar refractivity (Wildman–Crippen MR) is 81.3 cm³/mol. The molecule has 0 aromatic carbocycles. The molecular weight excluding hydrogens is 294 g/mol. The second-order valence-electron chi connectivity index (χ2n) is 6.24. The van der Waals surface area contributed by atoms with E-state index in [4.69, 9.17) is 0 Å². The zero-order valence-electron chi connectivity index (χ0n) is 12.3. The van der Waals surface area contributed by atoms with Crippen LogP contribution in [0.2, 0.25) is 0 Å². The third-order valence-electron chi connectivity index (χ3n) is 4.21. The molecule has 2 N–H and O–H groups in total. The Hall–Kier alpha value is -0.430. The fourth-order valence-electron chi connectivity index (χ4n) is 2.92. The van der Waals surface area contributed by atoms with E-state index in [-0.39, 0.29) is 23.0 Å². The van der Waals surface area contributed by atoms with Gasteiger partial charge in [-0.2, -0.15) is 0 Å². The minimum absolute atomic E-state index is 0.0192. The van der Waals surface area contributed by atoms with E-state index < -0.39 is 10.0 Å². The SMILES string of the molecule is Cc1csc(CO)c1S(=O)(=O)NC1CCCCC1(C)C. The number of aliphatic hydroxyl groups is 1. The van der Waals surface area contributed by atoms with Gasteiger partial charge in [0.2, 0.25) is 10.0 Å². The van der Waals surface area contributed by atoms with Crippen molar-refractivity contribution < 1.29 is 13.5 Å². The topological polar surface area (TPSA) is 66.4 Å². The van der Waals surface area contributed by atoms with Gasteiger partial charge in [0.05, 0.1) is 11.5 Å². The summed E-state index contributed by atoms with van der Waals surface area (Å²) < 4.78 is 28.1. The predicted octanol–water partition coefficient (Wildman–Crippen LogP) is 2.80. The fraction of sp³-hybridized carbons (Fsp3) is 0.714. The summed E-state index contributed by atoms with van der Waals surface area (Å²) in [4.78, 5) is 0.787. The van der Waals surface area contributed by atoms with Gasteiger partial charge in [0.25, 0.3) is 0 Å². The van der Waals surface area contributed by atoms with Gasteiger partial charge in [-0.1, -0.05) is 26.7 Å². The minimum Gasteiger partial charge on any atom is -0.391 e. The van der Waals surface area contributed by atoms with Crippen molar-refractivity contribution in [3.8, 4) is 0 Å². The van der Waals surface area contributed by atoms with Crippen LogP contribution < -0.4 is 4.72 Å². The monoisotopic (exact) mass is 317 g/mol. The summed E-state index contributed by atoms with van der Waals surface area (Å²) in [5.74, 6) is 0. The molecule has 4 nitrogen and oxygen atoms in total. The maximum absolute atomic E-state index is 12.6. The average molecular weight is 317 g/mol. The second-order valence-corrected chi connectivity index (χ2v) is 8.85. The molecule has 2 rings (SSSR count). The molecule has 0 saturated heterocycles. The number of aryl methyl sites for hydroxylation is 1. The van der Waals surface area contributed by atoms with Crippen molar-refractivity contribution in [1.82, 2.24) is 4.72 Å².